The molecule has 5 nitrogen and oxygen atoms in total. The molecule has 26 heavy (non-hydrogen) atoms. The van der Waals surface area contributed by atoms with Crippen LogP contribution in [0.3, 0.4) is 0 Å². The predicted molar refractivity (Wildman–Crippen MR) is 95.2 cm³/mol. The zero-order chi connectivity index (χ0) is 18.5. The van der Waals surface area contributed by atoms with Crippen LogP contribution in [0.15, 0.2) is 48.5 Å². The molecule has 0 spiro atoms. The van der Waals surface area contributed by atoms with Crippen LogP contribution in [-0.4, -0.2) is 28.6 Å². The Labute approximate surface area is 151 Å². The van der Waals surface area contributed by atoms with Crippen molar-refractivity contribution in [3.63, 3.8) is 0 Å². The zero-order valence-corrected chi connectivity index (χ0v) is 14.3. The largest absolute Gasteiger partial charge is 0.478 e. The topological polar surface area (TPSA) is 69.6 Å². The van der Waals surface area contributed by atoms with Gasteiger partial charge in [-0.3, -0.25) is 0 Å². The summed E-state index contributed by atoms with van der Waals surface area (Å²) in [7, 11) is 0. The Morgan fingerprint density at radius 2 is 1.65 bits per heavy atom. The number of aromatic carboxylic acids is 1. The van der Waals surface area contributed by atoms with Gasteiger partial charge in [0.2, 0.25) is 0 Å². The summed E-state index contributed by atoms with van der Waals surface area (Å²) in [6, 6.07) is 12.4. The van der Waals surface area contributed by atoms with E-state index in [1.807, 2.05) is 0 Å². The number of benzene rings is 2. The summed E-state index contributed by atoms with van der Waals surface area (Å²) in [4.78, 5) is 25.2. The minimum atomic E-state index is -0.976. The lowest BCUT2D eigenvalue weighted by Gasteiger charge is -2.23. The standard InChI is InChI=1S/C20H21FN2O3/c21-18-9-5-16(6-10-18)13-23(12-15-1-2-15)20(26)22-11-14-3-7-17(8-4-14)19(24)25/h3-10,15H,1-2,11-13H2,(H,22,26)(H,24,25). The Morgan fingerprint density at radius 1 is 1.04 bits per heavy atom. The molecule has 1 saturated carbocycles. The van der Waals surface area contributed by atoms with E-state index in [1.165, 1.54) is 24.3 Å². The highest BCUT2D eigenvalue weighted by atomic mass is 19.1. The Bertz CT molecular complexity index is 771. The summed E-state index contributed by atoms with van der Waals surface area (Å²) in [5.74, 6) is -0.733. The third-order valence-electron chi connectivity index (χ3n) is 4.39. The first-order chi connectivity index (χ1) is 12.5. The van der Waals surface area contributed by atoms with E-state index >= 15 is 0 Å². The number of hydrogen-bond donors (Lipinski definition) is 2. The number of hydrogen-bond acceptors (Lipinski definition) is 2. The van der Waals surface area contributed by atoms with Gasteiger partial charge in [-0.05, 0) is 54.2 Å². The summed E-state index contributed by atoms with van der Waals surface area (Å²) in [5.41, 5.74) is 1.93. The number of nitrogens with one attached hydrogen (secondary N) is 1. The van der Waals surface area contributed by atoms with Gasteiger partial charge in [-0.2, -0.15) is 0 Å². The lowest BCUT2D eigenvalue weighted by molar-refractivity contribution is 0.0697. The van der Waals surface area contributed by atoms with Crippen molar-refractivity contribution >= 4 is 12.0 Å². The van der Waals surface area contributed by atoms with Crippen LogP contribution in [-0.2, 0) is 13.1 Å². The highest BCUT2D eigenvalue weighted by Gasteiger charge is 2.26. The van der Waals surface area contributed by atoms with E-state index in [0.717, 1.165) is 24.0 Å². The third kappa shape index (κ3) is 5.05. The molecule has 0 aliphatic heterocycles. The average molecular weight is 356 g/mol. The van der Waals surface area contributed by atoms with Crippen LogP contribution in [0.4, 0.5) is 9.18 Å². The summed E-state index contributed by atoms with van der Waals surface area (Å²) in [6.07, 6.45) is 2.26. The van der Waals surface area contributed by atoms with Gasteiger partial charge in [0, 0.05) is 19.6 Å². The molecule has 1 aliphatic carbocycles. The van der Waals surface area contributed by atoms with Crippen molar-refractivity contribution in [1.82, 2.24) is 10.2 Å². The van der Waals surface area contributed by atoms with Crippen LogP contribution in [0, 0.1) is 11.7 Å². The van der Waals surface area contributed by atoms with Crippen molar-refractivity contribution in [2.45, 2.75) is 25.9 Å². The average Bonchev–Trinajstić information content (AvgIpc) is 3.45. The lowest BCUT2D eigenvalue weighted by atomic mass is 10.1. The Morgan fingerprint density at radius 3 is 2.23 bits per heavy atom. The van der Waals surface area contributed by atoms with Crippen LogP contribution in [0.25, 0.3) is 0 Å². The lowest BCUT2D eigenvalue weighted by Crippen LogP contribution is -2.40. The zero-order valence-electron chi connectivity index (χ0n) is 14.3. The molecule has 2 aromatic carbocycles. The molecule has 2 amide bonds. The highest BCUT2D eigenvalue weighted by molar-refractivity contribution is 5.87. The second-order valence-electron chi connectivity index (χ2n) is 6.61. The van der Waals surface area contributed by atoms with Crippen molar-refractivity contribution in [1.29, 1.82) is 0 Å². The van der Waals surface area contributed by atoms with E-state index in [2.05, 4.69) is 5.32 Å². The molecule has 1 fully saturated rings. The third-order valence-corrected chi connectivity index (χ3v) is 4.39. The minimum absolute atomic E-state index is 0.177. The van der Waals surface area contributed by atoms with Gasteiger partial charge in [0.05, 0.1) is 5.56 Å². The van der Waals surface area contributed by atoms with Crippen molar-refractivity contribution in [3.8, 4) is 0 Å². The monoisotopic (exact) mass is 356 g/mol. The summed E-state index contributed by atoms with van der Waals surface area (Å²) >= 11 is 0. The van der Waals surface area contributed by atoms with Crippen molar-refractivity contribution in [2.24, 2.45) is 5.92 Å². The van der Waals surface area contributed by atoms with Crippen molar-refractivity contribution < 1.29 is 19.1 Å². The van der Waals surface area contributed by atoms with Gasteiger partial charge in [-0.25, -0.2) is 14.0 Å². The number of carbonyl (C=O) groups is 2. The predicted octanol–water partition coefficient (Wildman–Crippen LogP) is 3.65. The second kappa shape index (κ2) is 7.99. The van der Waals surface area contributed by atoms with Crippen LogP contribution >= 0.6 is 0 Å². The Balaban J connectivity index is 1.59. The molecule has 2 aromatic rings. The minimum Gasteiger partial charge on any atom is -0.478 e. The van der Waals surface area contributed by atoms with Crippen LogP contribution in [0.1, 0.15) is 34.3 Å². The molecule has 0 bridgehead atoms. The van der Waals surface area contributed by atoms with E-state index < -0.39 is 5.97 Å². The van der Waals surface area contributed by atoms with Crippen LogP contribution in [0.5, 0.6) is 0 Å². The molecule has 3 rings (SSSR count). The van der Waals surface area contributed by atoms with Gasteiger partial charge in [0.1, 0.15) is 5.82 Å². The molecule has 2 N–H and O–H groups in total. The molecule has 0 aromatic heterocycles. The first-order valence-electron chi connectivity index (χ1n) is 8.61. The molecule has 6 heteroatoms. The van der Waals surface area contributed by atoms with Gasteiger partial charge in [-0.15, -0.1) is 0 Å². The van der Waals surface area contributed by atoms with Crippen molar-refractivity contribution in [2.75, 3.05) is 6.54 Å². The molecule has 1 aliphatic rings. The number of urea groups is 1. The van der Waals surface area contributed by atoms with Gasteiger partial charge in [0.25, 0.3) is 0 Å². The molecule has 0 radical (unpaired) electrons. The van der Waals surface area contributed by atoms with E-state index in [9.17, 15) is 14.0 Å². The smallest absolute Gasteiger partial charge is 0.335 e. The molecular weight excluding hydrogens is 335 g/mol. The number of amides is 2. The summed E-state index contributed by atoms with van der Waals surface area (Å²) in [6.45, 7) is 1.44. The molecular formula is C20H21FN2O3. The van der Waals surface area contributed by atoms with E-state index in [4.69, 9.17) is 5.11 Å². The number of carboxylic acids is 1. The first kappa shape index (κ1) is 17.9. The fourth-order valence-electron chi connectivity index (χ4n) is 2.70. The number of rotatable bonds is 7. The molecule has 136 valence electrons. The fraction of sp³-hybridized carbons (Fsp3) is 0.300. The molecule has 0 unspecified atom stereocenters. The SMILES string of the molecule is O=C(O)c1ccc(CNC(=O)N(Cc2ccc(F)cc2)CC2CC2)cc1. The highest BCUT2D eigenvalue weighted by Crippen LogP contribution is 2.30. The number of carboxylic acid groups (broad SMARTS) is 1. The van der Waals surface area contributed by atoms with Crippen molar-refractivity contribution in [3.05, 3.63) is 71.0 Å². The normalized spacial score (nSPS) is 13.3. The number of halogens is 1. The van der Waals surface area contributed by atoms with Gasteiger partial charge in [0.15, 0.2) is 0 Å². The van der Waals surface area contributed by atoms with Gasteiger partial charge < -0.3 is 15.3 Å². The quantitative estimate of drug-likeness (QED) is 0.796. The molecule has 0 heterocycles. The van der Waals surface area contributed by atoms with Gasteiger partial charge in [-0.1, -0.05) is 24.3 Å². The first-order valence-corrected chi connectivity index (χ1v) is 8.61. The molecule has 0 atom stereocenters. The number of nitrogens with zero attached hydrogens (tertiary/aromatic N) is 1. The maximum atomic E-state index is 13.1. The Kier molecular flexibility index (Phi) is 5.51. The fourth-order valence-corrected chi connectivity index (χ4v) is 2.70. The Hall–Kier alpha value is -2.89. The van der Waals surface area contributed by atoms with Gasteiger partial charge >= 0.3 is 12.0 Å². The summed E-state index contributed by atoms with van der Waals surface area (Å²) in [5, 5.41) is 11.8. The molecule has 0 saturated heterocycles. The van der Waals surface area contributed by atoms with E-state index in [1.54, 1.807) is 29.2 Å². The van der Waals surface area contributed by atoms with Crippen LogP contribution < -0.4 is 5.32 Å². The maximum Gasteiger partial charge on any atom is 0.335 e. The van der Waals surface area contributed by atoms with Crippen LogP contribution in [0.2, 0.25) is 0 Å². The van der Waals surface area contributed by atoms with E-state index in [-0.39, 0.29) is 17.4 Å². The number of carbonyl (C=O) groups excluding carboxylic acids is 1. The van der Waals surface area contributed by atoms with E-state index in [0.29, 0.717) is 25.6 Å². The second-order valence-corrected chi connectivity index (χ2v) is 6.61. The summed E-state index contributed by atoms with van der Waals surface area (Å²) < 4.78 is 13.1. The maximum absolute atomic E-state index is 13.1.